The molecule has 1 rings (SSSR count). The number of rotatable bonds is 2. The van der Waals surface area contributed by atoms with E-state index in [-0.39, 0.29) is 5.97 Å². The third-order valence-corrected chi connectivity index (χ3v) is 2.30. The van der Waals surface area contributed by atoms with Crippen LogP contribution in [0.5, 0.6) is 0 Å². The molecule has 0 saturated heterocycles. The summed E-state index contributed by atoms with van der Waals surface area (Å²) in [4.78, 5) is 11.5. The topological polar surface area (TPSA) is 26.3 Å². The van der Waals surface area contributed by atoms with Crippen LogP contribution >= 0.6 is 22.9 Å². The highest BCUT2D eigenvalue weighted by atomic mass is 35.5. The molecule has 11 heavy (non-hydrogen) atoms. The minimum absolute atomic E-state index is 0.301. The highest BCUT2D eigenvalue weighted by Crippen LogP contribution is 2.19. The zero-order valence-electron chi connectivity index (χ0n) is 5.96. The molecule has 0 aliphatic heterocycles. The van der Waals surface area contributed by atoms with Crippen molar-refractivity contribution < 1.29 is 9.53 Å². The zero-order chi connectivity index (χ0) is 8.27. The van der Waals surface area contributed by atoms with Crippen molar-refractivity contribution in [1.82, 2.24) is 0 Å². The molecule has 0 radical (unpaired) electrons. The Morgan fingerprint density at radius 2 is 2.55 bits per heavy atom. The van der Waals surface area contributed by atoms with Gasteiger partial charge in [-0.05, 0) is 13.0 Å². The van der Waals surface area contributed by atoms with E-state index in [1.807, 2.05) is 0 Å². The summed E-state index contributed by atoms with van der Waals surface area (Å²) in [5.41, 5.74) is 0. The van der Waals surface area contributed by atoms with E-state index in [1.54, 1.807) is 18.4 Å². The monoisotopic (exact) mass is 190 g/mol. The van der Waals surface area contributed by atoms with Crippen molar-refractivity contribution in [2.24, 2.45) is 0 Å². The number of ether oxygens (including phenoxy) is 1. The summed E-state index contributed by atoms with van der Waals surface area (Å²) >= 11 is 6.90. The molecule has 1 heterocycles. The van der Waals surface area contributed by atoms with Crippen LogP contribution in [0.25, 0.3) is 0 Å². The van der Waals surface area contributed by atoms with Gasteiger partial charge >= 0.3 is 5.97 Å². The first kappa shape index (κ1) is 8.56. The van der Waals surface area contributed by atoms with E-state index < -0.39 is 0 Å². The molecular weight excluding hydrogens is 184 g/mol. The fourth-order valence-corrected chi connectivity index (χ4v) is 1.59. The van der Waals surface area contributed by atoms with E-state index in [4.69, 9.17) is 16.3 Å². The molecule has 0 atom stereocenters. The SMILES string of the molecule is CCOC(=O)c1cc(Cl)cs1. The van der Waals surface area contributed by atoms with Crippen LogP contribution < -0.4 is 0 Å². The van der Waals surface area contributed by atoms with Crippen LogP contribution in [0.4, 0.5) is 0 Å². The third-order valence-electron chi connectivity index (χ3n) is 1.04. The molecule has 0 fully saturated rings. The molecule has 0 unspecified atom stereocenters. The summed E-state index contributed by atoms with van der Waals surface area (Å²) in [5, 5.41) is 2.28. The van der Waals surface area contributed by atoms with Crippen molar-refractivity contribution >= 4 is 28.9 Å². The molecule has 0 bridgehead atoms. The number of carbonyl (C=O) groups is 1. The maximum absolute atomic E-state index is 11.0. The number of carbonyl (C=O) groups excluding carboxylic acids is 1. The van der Waals surface area contributed by atoms with Gasteiger partial charge in [0.2, 0.25) is 0 Å². The number of hydrogen-bond donors (Lipinski definition) is 0. The standard InChI is InChI=1S/C7H7ClO2S/c1-2-10-7(9)6-3-5(8)4-11-6/h3-4H,2H2,1H3. The number of esters is 1. The molecule has 2 nitrogen and oxygen atoms in total. The third kappa shape index (κ3) is 2.20. The Kier molecular flexibility index (Phi) is 2.91. The van der Waals surface area contributed by atoms with Gasteiger partial charge in [0, 0.05) is 5.38 Å². The van der Waals surface area contributed by atoms with Gasteiger partial charge in [-0.15, -0.1) is 11.3 Å². The molecule has 0 saturated carbocycles. The van der Waals surface area contributed by atoms with E-state index in [2.05, 4.69) is 0 Å². The Bertz CT molecular complexity index is 257. The van der Waals surface area contributed by atoms with Gasteiger partial charge in [-0.2, -0.15) is 0 Å². The average molecular weight is 191 g/mol. The van der Waals surface area contributed by atoms with Crippen LogP contribution in [0.15, 0.2) is 11.4 Å². The molecule has 0 amide bonds. The lowest BCUT2D eigenvalue weighted by molar-refractivity contribution is 0.0532. The van der Waals surface area contributed by atoms with E-state index in [9.17, 15) is 4.79 Å². The van der Waals surface area contributed by atoms with Crippen LogP contribution in [-0.2, 0) is 4.74 Å². The van der Waals surface area contributed by atoms with Crippen LogP contribution in [0.1, 0.15) is 16.6 Å². The summed E-state index contributed by atoms with van der Waals surface area (Å²) in [7, 11) is 0. The average Bonchev–Trinajstić information content (AvgIpc) is 2.36. The molecular formula is C7H7ClO2S. The molecule has 0 spiro atoms. The van der Waals surface area contributed by atoms with E-state index in [0.29, 0.717) is 16.5 Å². The quantitative estimate of drug-likeness (QED) is 0.671. The first-order chi connectivity index (χ1) is 5.24. The summed E-state index contributed by atoms with van der Waals surface area (Å²) in [5.74, 6) is -0.301. The fourth-order valence-electron chi connectivity index (χ4n) is 0.622. The second kappa shape index (κ2) is 3.74. The van der Waals surface area contributed by atoms with E-state index >= 15 is 0 Å². The Labute approximate surface area is 73.7 Å². The lowest BCUT2D eigenvalue weighted by Crippen LogP contribution is -2.01. The first-order valence-electron chi connectivity index (χ1n) is 3.15. The number of halogens is 1. The van der Waals surface area contributed by atoms with Gasteiger partial charge in [-0.3, -0.25) is 0 Å². The second-order valence-corrected chi connectivity index (χ2v) is 3.20. The lowest BCUT2D eigenvalue weighted by atomic mass is 10.5. The van der Waals surface area contributed by atoms with Gasteiger partial charge in [-0.1, -0.05) is 11.6 Å². The summed E-state index contributed by atoms with van der Waals surface area (Å²) in [6.07, 6.45) is 0. The lowest BCUT2D eigenvalue weighted by Gasteiger charge is -1.95. The number of hydrogen-bond acceptors (Lipinski definition) is 3. The fraction of sp³-hybridized carbons (Fsp3) is 0.286. The summed E-state index contributed by atoms with van der Waals surface area (Å²) in [6, 6.07) is 1.60. The highest BCUT2D eigenvalue weighted by molar-refractivity contribution is 7.12. The minimum Gasteiger partial charge on any atom is -0.462 e. The van der Waals surface area contributed by atoms with Gasteiger partial charge in [-0.25, -0.2) is 4.79 Å². The van der Waals surface area contributed by atoms with Crippen molar-refractivity contribution in [3.05, 3.63) is 21.3 Å². The van der Waals surface area contributed by atoms with Gasteiger partial charge < -0.3 is 4.74 Å². The van der Waals surface area contributed by atoms with E-state index in [0.717, 1.165) is 0 Å². The predicted octanol–water partition coefficient (Wildman–Crippen LogP) is 2.58. The van der Waals surface area contributed by atoms with Crippen molar-refractivity contribution in [2.75, 3.05) is 6.61 Å². The maximum atomic E-state index is 11.0. The molecule has 4 heteroatoms. The van der Waals surface area contributed by atoms with Gasteiger partial charge in [0.15, 0.2) is 0 Å². The van der Waals surface area contributed by atoms with Crippen LogP contribution in [0, 0.1) is 0 Å². The predicted molar refractivity (Wildman–Crippen MR) is 45.3 cm³/mol. The zero-order valence-corrected chi connectivity index (χ0v) is 7.54. The second-order valence-electron chi connectivity index (χ2n) is 1.85. The Morgan fingerprint density at radius 3 is 3.00 bits per heavy atom. The van der Waals surface area contributed by atoms with Crippen LogP contribution in [0.2, 0.25) is 5.02 Å². The van der Waals surface area contributed by atoms with Crippen molar-refractivity contribution in [3.63, 3.8) is 0 Å². The van der Waals surface area contributed by atoms with Gasteiger partial charge in [0.25, 0.3) is 0 Å². The smallest absolute Gasteiger partial charge is 0.348 e. The Hall–Kier alpha value is -0.540. The van der Waals surface area contributed by atoms with Gasteiger partial charge in [0.05, 0.1) is 11.6 Å². The largest absolute Gasteiger partial charge is 0.462 e. The van der Waals surface area contributed by atoms with E-state index in [1.165, 1.54) is 11.3 Å². The Morgan fingerprint density at radius 1 is 1.82 bits per heavy atom. The van der Waals surface area contributed by atoms with Crippen LogP contribution in [-0.4, -0.2) is 12.6 Å². The maximum Gasteiger partial charge on any atom is 0.348 e. The van der Waals surface area contributed by atoms with Crippen molar-refractivity contribution in [2.45, 2.75) is 6.92 Å². The molecule has 1 aromatic heterocycles. The van der Waals surface area contributed by atoms with Crippen LogP contribution in [0.3, 0.4) is 0 Å². The van der Waals surface area contributed by atoms with Crippen molar-refractivity contribution in [3.8, 4) is 0 Å². The summed E-state index contributed by atoms with van der Waals surface area (Å²) < 4.78 is 4.75. The Balaban J connectivity index is 2.69. The van der Waals surface area contributed by atoms with Crippen molar-refractivity contribution in [1.29, 1.82) is 0 Å². The normalized spacial score (nSPS) is 9.64. The van der Waals surface area contributed by atoms with Gasteiger partial charge in [0.1, 0.15) is 4.88 Å². The molecule has 1 aromatic rings. The first-order valence-corrected chi connectivity index (χ1v) is 4.41. The minimum atomic E-state index is -0.301. The summed E-state index contributed by atoms with van der Waals surface area (Å²) in [6.45, 7) is 2.17. The highest BCUT2D eigenvalue weighted by Gasteiger charge is 2.07. The molecule has 0 aliphatic carbocycles. The molecule has 60 valence electrons. The molecule has 0 N–H and O–H groups in total. The number of thiophene rings is 1. The molecule has 0 aliphatic rings. The molecule has 0 aromatic carbocycles.